The number of rotatable bonds is 10. The molecular formula is C31H37FN2O5S. The molecule has 0 radical (unpaired) electrons. The first-order chi connectivity index (χ1) is 18.9. The topological polar surface area (TPSA) is 87.2 Å². The molecule has 1 N–H and O–H groups in total. The summed E-state index contributed by atoms with van der Waals surface area (Å²) in [5.41, 5.74) is 4.34. The van der Waals surface area contributed by atoms with Gasteiger partial charge in [0.1, 0.15) is 16.5 Å². The third kappa shape index (κ3) is 6.22. The standard InChI is InChI=1S/C31H37FN2O5S/c1-6-30-34(40(37,38)29-10-8-7-9-28(29)39-30)19-24-16-22(12-11-20(24)2)26(18-31(35)36)25-17-23(13-14-33(4)5)27(32)15-21(25)3/h7-12,15-17,26,30H,6,13-14,18-19H2,1-5H3,(H,35,36)/t26?,30-/m1/s1. The first-order valence-electron chi connectivity index (χ1n) is 13.4. The molecule has 214 valence electrons. The molecule has 1 aliphatic rings. The Hall–Kier alpha value is -3.27. The molecule has 0 saturated heterocycles. The summed E-state index contributed by atoms with van der Waals surface area (Å²) < 4.78 is 49.5. The van der Waals surface area contributed by atoms with Crippen LogP contribution >= 0.6 is 0 Å². The lowest BCUT2D eigenvalue weighted by Gasteiger charge is -2.36. The molecule has 0 fully saturated rings. The number of likely N-dealkylation sites (N-methyl/N-ethyl adjacent to an activating group) is 1. The highest BCUT2D eigenvalue weighted by Crippen LogP contribution is 2.37. The van der Waals surface area contributed by atoms with Crippen molar-refractivity contribution in [1.82, 2.24) is 9.21 Å². The van der Waals surface area contributed by atoms with E-state index in [0.717, 1.165) is 22.3 Å². The lowest BCUT2D eigenvalue weighted by Crippen LogP contribution is -2.46. The molecule has 40 heavy (non-hydrogen) atoms. The smallest absolute Gasteiger partial charge is 0.304 e. The number of nitrogens with zero attached hydrogens (tertiary/aromatic N) is 2. The number of fused-ring (bicyclic) bond motifs is 1. The first-order valence-corrected chi connectivity index (χ1v) is 14.9. The molecule has 1 unspecified atom stereocenters. The van der Waals surface area contributed by atoms with Gasteiger partial charge in [0.25, 0.3) is 0 Å². The van der Waals surface area contributed by atoms with Crippen LogP contribution in [-0.4, -0.2) is 55.6 Å². The van der Waals surface area contributed by atoms with Gasteiger partial charge in [0, 0.05) is 19.0 Å². The van der Waals surface area contributed by atoms with E-state index in [1.54, 1.807) is 37.3 Å². The van der Waals surface area contributed by atoms with E-state index in [0.29, 0.717) is 36.3 Å². The molecule has 0 saturated carbocycles. The zero-order valence-electron chi connectivity index (χ0n) is 23.6. The van der Waals surface area contributed by atoms with E-state index in [4.69, 9.17) is 4.74 Å². The highest BCUT2D eigenvalue weighted by Gasteiger charge is 2.39. The number of sulfonamides is 1. The number of carboxylic acid groups (broad SMARTS) is 1. The molecule has 0 aliphatic carbocycles. The van der Waals surface area contributed by atoms with Gasteiger partial charge in [-0.1, -0.05) is 43.3 Å². The zero-order chi connectivity index (χ0) is 29.2. The maximum Gasteiger partial charge on any atom is 0.304 e. The molecule has 9 heteroatoms. The lowest BCUT2D eigenvalue weighted by molar-refractivity contribution is -0.137. The number of halogens is 1. The van der Waals surface area contributed by atoms with E-state index in [2.05, 4.69) is 0 Å². The number of para-hydroxylation sites is 1. The highest BCUT2D eigenvalue weighted by atomic mass is 32.2. The summed E-state index contributed by atoms with van der Waals surface area (Å²) in [6, 6.07) is 15.5. The largest absolute Gasteiger partial charge is 0.481 e. The molecule has 1 heterocycles. The minimum atomic E-state index is -3.83. The summed E-state index contributed by atoms with van der Waals surface area (Å²) in [6.45, 7) is 6.30. The first kappa shape index (κ1) is 29.7. The molecule has 0 spiro atoms. The zero-order valence-corrected chi connectivity index (χ0v) is 24.5. The van der Waals surface area contributed by atoms with Gasteiger partial charge in [0.15, 0.2) is 6.23 Å². The summed E-state index contributed by atoms with van der Waals surface area (Å²) in [6.07, 6.45) is 0.102. The lowest BCUT2D eigenvalue weighted by atomic mass is 9.83. The van der Waals surface area contributed by atoms with Crippen LogP contribution in [0.4, 0.5) is 4.39 Å². The summed E-state index contributed by atoms with van der Waals surface area (Å²) in [5.74, 6) is -1.47. The van der Waals surface area contributed by atoms with Crippen LogP contribution in [0.1, 0.15) is 59.1 Å². The van der Waals surface area contributed by atoms with Gasteiger partial charge < -0.3 is 14.7 Å². The Balaban J connectivity index is 1.75. The van der Waals surface area contributed by atoms with E-state index in [9.17, 15) is 22.7 Å². The van der Waals surface area contributed by atoms with Crippen LogP contribution in [0.2, 0.25) is 0 Å². The number of aryl methyl sites for hydroxylation is 2. The Morgan fingerprint density at radius 3 is 2.48 bits per heavy atom. The monoisotopic (exact) mass is 568 g/mol. The van der Waals surface area contributed by atoms with Crippen molar-refractivity contribution in [3.05, 3.63) is 93.8 Å². The van der Waals surface area contributed by atoms with Gasteiger partial charge in [-0.2, -0.15) is 4.31 Å². The molecule has 0 aromatic heterocycles. The predicted molar refractivity (Wildman–Crippen MR) is 153 cm³/mol. The molecule has 3 aromatic rings. The molecular weight excluding hydrogens is 531 g/mol. The Kier molecular flexibility index (Phi) is 8.97. The maximum atomic E-state index is 14.8. The maximum absolute atomic E-state index is 14.8. The van der Waals surface area contributed by atoms with Crippen molar-refractivity contribution in [2.24, 2.45) is 0 Å². The summed E-state index contributed by atoms with van der Waals surface area (Å²) >= 11 is 0. The predicted octanol–water partition coefficient (Wildman–Crippen LogP) is 5.47. The SMILES string of the molecule is CC[C@H]1Oc2ccccc2S(=O)(=O)N1Cc1cc(C(CC(=O)O)c2cc(CCN(C)C)c(F)cc2C)ccc1C. The van der Waals surface area contributed by atoms with Gasteiger partial charge in [-0.05, 0) is 92.4 Å². The normalized spacial score (nSPS) is 17.3. The van der Waals surface area contributed by atoms with E-state index >= 15 is 0 Å². The Bertz CT molecular complexity index is 1510. The second kappa shape index (κ2) is 12.1. The van der Waals surface area contributed by atoms with Gasteiger partial charge in [-0.25, -0.2) is 12.8 Å². The quantitative estimate of drug-likeness (QED) is 0.349. The van der Waals surface area contributed by atoms with Crippen LogP contribution in [0, 0.1) is 19.7 Å². The summed E-state index contributed by atoms with van der Waals surface area (Å²) in [5, 5.41) is 9.83. The van der Waals surface area contributed by atoms with Gasteiger partial charge in [0.05, 0.1) is 6.42 Å². The molecule has 1 aliphatic heterocycles. The van der Waals surface area contributed by atoms with Crippen LogP contribution < -0.4 is 4.74 Å². The van der Waals surface area contributed by atoms with Gasteiger partial charge >= 0.3 is 5.97 Å². The van der Waals surface area contributed by atoms with Gasteiger partial charge in [-0.3, -0.25) is 4.79 Å². The fourth-order valence-electron chi connectivity index (χ4n) is 5.20. The molecule has 4 rings (SSSR count). The number of carbonyl (C=O) groups is 1. The van der Waals surface area contributed by atoms with Crippen LogP contribution in [-0.2, 0) is 27.8 Å². The van der Waals surface area contributed by atoms with Crippen LogP contribution in [0.5, 0.6) is 5.75 Å². The number of hydrogen-bond donors (Lipinski definition) is 1. The van der Waals surface area contributed by atoms with Crippen LogP contribution in [0.15, 0.2) is 59.5 Å². The molecule has 0 bridgehead atoms. The molecule has 0 amide bonds. The van der Waals surface area contributed by atoms with Gasteiger partial charge in [0.2, 0.25) is 10.0 Å². The number of benzene rings is 3. The Labute approximate surface area is 236 Å². The molecule has 3 aromatic carbocycles. The third-order valence-corrected chi connectivity index (χ3v) is 9.36. The third-order valence-electron chi connectivity index (χ3n) is 7.49. The average molecular weight is 569 g/mol. The molecule has 7 nitrogen and oxygen atoms in total. The number of hydrogen-bond acceptors (Lipinski definition) is 5. The number of ether oxygens (including phenoxy) is 1. The van der Waals surface area contributed by atoms with Gasteiger partial charge in [-0.15, -0.1) is 0 Å². The summed E-state index contributed by atoms with van der Waals surface area (Å²) in [4.78, 5) is 14.1. The van der Waals surface area contributed by atoms with E-state index in [-0.39, 0.29) is 23.7 Å². The number of carboxylic acids is 1. The van der Waals surface area contributed by atoms with Crippen molar-refractivity contribution in [3.8, 4) is 5.75 Å². The van der Waals surface area contributed by atoms with E-state index < -0.39 is 28.1 Å². The fraction of sp³-hybridized carbons (Fsp3) is 0.387. The highest BCUT2D eigenvalue weighted by molar-refractivity contribution is 7.89. The number of aliphatic carboxylic acids is 1. The van der Waals surface area contributed by atoms with Crippen molar-refractivity contribution in [2.45, 2.75) is 63.6 Å². The van der Waals surface area contributed by atoms with Crippen molar-refractivity contribution in [3.63, 3.8) is 0 Å². The minimum Gasteiger partial charge on any atom is -0.481 e. The van der Waals surface area contributed by atoms with E-state index in [1.807, 2.05) is 51.0 Å². The average Bonchev–Trinajstić information content (AvgIpc) is 2.89. The molecule has 2 atom stereocenters. The minimum absolute atomic E-state index is 0.0745. The van der Waals surface area contributed by atoms with Crippen LogP contribution in [0.25, 0.3) is 0 Å². The van der Waals surface area contributed by atoms with Crippen molar-refractivity contribution < 1.29 is 27.4 Å². The van der Waals surface area contributed by atoms with Crippen LogP contribution in [0.3, 0.4) is 0 Å². The van der Waals surface area contributed by atoms with Crippen molar-refractivity contribution >= 4 is 16.0 Å². The van der Waals surface area contributed by atoms with E-state index in [1.165, 1.54) is 10.4 Å². The Morgan fingerprint density at radius 1 is 1.07 bits per heavy atom. The Morgan fingerprint density at radius 2 is 1.80 bits per heavy atom. The fourth-order valence-corrected chi connectivity index (χ4v) is 6.88. The second-order valence-electron chi connectivity index (χ2n) is 10.7. The second-order valence-corrected chi connectivity index (χ2v) is 12.5. The van der Waals surface area contributed by atoms with Crippen molar-refractivity contribution in [1.29, 1.82) is 0 Å². The van der Waals surface area contributed by atoms with Crippen molar-refractivity contribution in [2.75, 3.05) is 20.6 Å². The summed E-state index contributed by atoms with van der Waals surface area (Å²) in [7, 11) is 0.0147.